The standard InChI is InChI=1S/C5H6N4O2S2/c6-4(11)8-3(10)1-12-5-9-7-2-13-5/h2H,1H2,(H3,6,8,10,11). The maximum atomic E-state index is 10.9. The molecule has 0 saturated heterocycles. The van der Waals surface area contributed by atoms with E-state index in [1.54, 1.807) is 5.51 Å². The minimum atomic E-state index is -0.845. The molecule has 0 atom stereocenters. The van der Waals surface area contributed by atoms with Crippen molar-refractivity contribution >= 4 is 35.0 Å². The van der Waals surface area contributed by atoms with Crippen LogP contribution in [0.4, 0.5) is 4.79 Å². The van der Waals surface area contributed by atoms with Crippen molar-refractivity contribution in [3.63, 3.8) is 0 Å². The number of nitrogens with zero attached hydrogens (tertiary/aromatic N) is 2. The quantitative estimate of drug-likeness (QED) is 0.686. The van der Waals surface area contributed by atoms with Crippen LogP contribution >= 0.6 is 23.1 Å². The molecule has 0 unspecified atom stereocenters. The molecule has 0 aliphatic heterocycles. The summed E-state index contributed by atoms with van der Waals surface area (Å²) in [4.78, 5) is 21.1. The van der Waals surface area contributed by atoms with E-state index < -0.39 is 11.9 Å². The lowest BCUT2D eigenvalue weighted by Crippen LogP contribution is -2.36. The first kappa shape index (κ1) is 9.93. The maximum Gasteiger partial charge on any atom is 0.318 e. The number of imide groups is 1. The molecule has 0 saturated carbocycles. The fourth-order valence-corrected chi connectivity index (χ4v) is 1.81. The van der Waals surface area contributed by atoms with Crippen LogP contribution < -0.4 is 11.1 Å². The van der Waals surface area contributed by atoms with Crippen LogP contribution in [0.1, 0.15) is 0 Å². The van der Waals surface area contributed by atoms with Crippen LogP contribution in [0.25, 0.3) is 0 Å². The van der Waals surface area contributed by atoms with E-state index in [1.165, 1.54) is 23.1 Å². The van der Waals surface area contributed by atoms with Crippen molar-refractivity contribution in [1.82, 2.24) is 15.5 Å². The van der Waals surface area contributed by atoms with Crippen LogP contribution in [0.2, 0.25) is 0 Å². The molecule has 0 aromatic carbocycles. The van der Waals surface area contributed by atoms with Crippen LogP contribution in [0, 0.1) is 0 Å². The lowest BCUT2D eigenvalue weighted by molar-refractivity contribution is -0.117. The monoisotopic (exact) mass is 218 g/mol. The average Bonchev–Trinajstić information content (AvgIpc) is 2.51. The molecule has 1 rings (SSSR count). The van der Waals surface area contributed by atoms with Gasteiger partial charge in [0.1, 0.15) is 5.51 Å². The zero-order valence-electron chi connectivity index (χ0n) is 6.39. The van der Waals surface area contributed by atoms with Gasteiger partial charge in [-0.25, -0.2) is 4.79 Å². The molecule has 6 nitrogen and oxygen atoms in total. The molecule has 3 N–H and O–H groups in total. The Hall–Kier alpha value is -1.15. The minimum Gasteiger partial charge on any atom is -0.351 e. The molecular formula is C5H6N4O2S2. The SMILES string of the molecule is NC(=O)NC(=O)CSc1nncs1. The molecule has 0 aliphatic carbocycles. The number of thioether (sulfide) groups is 1. The summed E-state index contributed by atoms with van der Waals surface area (Å²) in [5.74, 6) is -0.328. The number of carbonyl (C=O) groups excluding carboxylic acids is 2. The van der Waals surface area contributed by atoms with Crippen LogP contribution in [0.3, 0.4) is 0 Å². The molecule has 0 spiro atoms. The van der Waals surface area contributed by atoms with E-state index in [0.29, 0.717) is 4.34 Å². The number of rotatable bonds is 3. The Morgan fingerprint density at radius 3 is 3.00 bits per heavy atom. The number of primary amides is 1. The first-order valence-corrected chi connectivity index (χ1v) is 5.03. The van der Waals surface area contributed by atoms with Gasteiger partial charge in [0.2, 0.25) is 5.91 Å². The van der Waals surface area contributed by atoms with E-state index in [9.17, 15) is 9.59 Å². The van der Waals surface area contributed by atoms with Gasteiger partial charge in [0.05, 0.1) is 5.75 Å². The van der Waals surface area contributed by atoms with E-state index in [-0.39, 0.29) is 5.75 Å². The molecule has 0 bridgehead atoms. The van der Waals surface area contributed by atoms with Crippen molar-refractivity contribution in [2.24, 2.45) is 5.73 Å². The first-order valence-electron chi connectivity index (χ1n) is 3.16. The van der Waals surface area contributed by atoms with Crippen molar-refractivity contribution in [3.8, 4) is 0 Å². The van der Waals surface area contributed by atoms with Gasteiger partial charge in [-0.2, -0.15) is 0 Å². The normalized spacial score (nSPS) is 9.54. The predicted molar refractivity (Wildman–Crippen MR) is 48.4 cm³/mol. The smallest absolute Gasteiger partial charge is 0.318 e. The molecule has 8 heteroatoms. The highest BCUT2D eigenvalue weighted by atomic mass is 32.2. The van der Waals surface area contributed by atoms with E-state index >= 15 is 0 Å². The lowest BCUT2D eigenvalue weighted by atomic mass is 10.7. The third kappa shape index (κ3) is 3.85. The van der Waals surface area contributed by atoms with Crippen LogP contribution in [0.5, 0.6) is 0 Å². The molecule has 0 aliphatic rings. The molecule has 1 heterocycles. The van der Waals surface area contributed by atoms with E-state index in [0.717, 1.165) is 0 Å². The fourth-order valence-electron chi connectivity index (χ4n) is 0.527. The number of amides is 3. The number of carbonyl (C=O) groups is 2. The average molecular weight is 218 g/mol. The highest BCUT2D eigenvalue weighted by Gasteiger charge is 2.06. The second-order valence-electron chi connectivity index (χ2n) is 1.91. The van der Waals surface area contributed by atoms with Crippen molar-refractivity contribution in [2.45, 2.75) is 4.34 Å². The molecule has 13 heavy (non-hydrogen) atoms. The molecule has 3 amide bonds. The van der Waals surface area contributed by atoms with Crippen molar-refractivity contribution in [2.75, 3.05) is 5.75 Å². The largest absolute Gasteiger partial charge is 0.351 e. The van der Waals surface area contributed by atoms with Crippen LogP contribution in [-0.2, 0) is 4.79 Å². The van der Waals surface area contributed by atoms with Crippen LogP contribution in [0.15, 0.2) is 9.85 Å². The third-order valence-corrected chi connectivity index (χ3v) is 2.79. The molecule has 0 fully saturated rings. The van der Waals surface area contributed by atoms with Gasteiger partial charge in [0.25, 0.3) is 0 Å². The van der Waals surface area contributed by atoms with Crippen molar-refractivity contribution in [3.05, 3.63) is 5.51 Å². The number of nitrogens with one attached hydrogen (secondary N) is 1. The van der Waals surface area contributed by atoms with Crippen molar-refractivity contribution < 1.29 is 9.59 Å². The van der Waals surface area contributed by atoms with Gasteiger partial charge in [-0.3, -0.25) is 10.1 Å². The van der Waals surface area contributed by atoms with Gasteiger partial charge in [0.15, 0.2) is 4.34 Å². The zero-order chi connectivity index (χ0) is 9.68. The van der Waals surface area contributed by atoms with Gasteiger partial charge in [-0.1, -0.05) is 23.1 Å². The van der Waals surface area contributed by atoms with Gasteiger partial charge < -0.3 is 5.73 Å². The number of nitrogens with two attached hydrogens (primary N) is 1. The minimum absolute atomic E-state index is 0.109. The highest BCUT2D eigenvalue weighted by molar-refractivity contribution is 8.01. The summed E-state index contributed by atoms with van der Waals surface area (Å²) in [6, 6.07) is -0.845. The lowest BCUT2D eigenvalue weighted by Gasteiger charge is -1.96. The Morgan fingerprint density at radius 2 is 2.46 bits per heavy atom. The van der Waals surface area contributed by atoms with Gasteiger partial charge in [0, 0.05) is 0 Å². The number of aromatic nitrogens is 2. The summed E-state index contributed by atoms with van der Waals surface area (Å²) in [6.45, 7) is 0. The molecule has 0 radical (unpaired) electrons. The summed E-state index contributed by atoms with van der Waals surface area (Å²) >= 11 is 2.53. The second kappa shape index (κ2) is 4.77. The third-order valence-electron chi connectivity index (χ3n) is 0.929. The van der Waals surface area contributed by atoms with E-state index in [4.69, 9.17) is 5.73 Å². The first-order chi connectivity index (χ1) is 6.18. The second-order valence-corrected chi connectivity index (χ2v) is 3.96. The van der Waals surface area contributed by atoms with Crippen LogP contribution in [-0.4, -0.2) is 27.9 Å². The Balaban J connectivity index is 2.27. The van der Waals surface area contributed by atoms with E-state index in [1.807, 2.05) is 5.32 Å². The summed E-state index contributed by atoms with van der Waals surface area (Å²) < 4.78 is 0.680. The Bertz CT molecular complexity index is 299. The highest BCUT2D eigenvalue weighted by Crippen LogP contribution is 2.17. The number of hydrogen-bond donors (Lipinski definition) is 2. The Morgan fingerprint density at radius 1 is 1.69 bits per heavy atom. The number of urea groups is 1. The molecule has 70 valence electrons. The van der Waals surface area contributed by atoms with Crippen molar-refractivity contribution in [1.29, 1.82) is 0 Å². The summed E-state index contributed by atoms with van der Waals surface area (Å²) in [5, 5.41) is 9.23. The van der Waals surface area contributed by atoms with Gasteiger partial charge >= 0.3 is 6.03 Å². The molecular weight excluding hydrogens is 212 g/mol. The summed E-state index contributed by atoms with van der Waals surface area (Å²) in [5.41, 5.74) is 6.30. The zero-order valence-corrected chi connectivity index (χ0v) is 8.02. The molecule has 1 aromatic heterocycles. The Kier molecular flexibility index (Phi) is 3.65. The van der Waals surface area contributed by atoms with Gasteiger partial charge in [-0.05, 0) is 0 Å². The summed E-state index contributed by atoms with van der Waals surface area (Å²) in [7, 11) is 0. The Labute approximate surface area is 81.9 Å². The topological polar surface area (TPSA) is 98.0 Å². The maximum absolute atomic E-state index is 10.9. The van der Waals surface area contributed by atoms with E-state index in [2.05, 4.69) is 10.2 Å². The predicted octanol–water partition coefficient (Wildman–Crippen LogP) is -0.175. The van der Waals surface area contributed by atoms with Gasteiger partial charge in [-0.15, -0.1) is 10.2 Å². The number of hydrogen-bond acceptors (Lipinski definition) is 6. The summed E-state index contributed by atoms with van der Waals surface area (Å²) in [6.07, 6.45) is 0. The molecule has 1 aromatic rings. The fraction of sp³-hybridized carbons (Fsp3) is 0.200.